The number of halogens is 1. The molecule has 4 rings (SSSR count). The number of non-ortho nitro benzene ring substituents is 1. The summed E-state index contributed by atoms with van der Waals surface area (Å²) in [6.45, 7) is 2.14. The smallest absolute Gasteiger partial charge is 0.269 e. The quantitative estimate of drug-likeness (QED) is 0.480. The third kappa shape index (κ3) is 2.90. The van der Waals surface area contributed by atoms with Crippen molar-refractivity contribution in [1.29, 1.82) is 0 Å². The molecule has 0 aromatic heterocycles. The first kappa shape index (κ1) is 16.9. The highest BCUT2D eigenvalue weighted by atomic mass is 35.5. The number of anilines is 1. The van der Waals surface area contributed by atoms with E-state index in [2.05, 4.69) is 18.0 Å². The Morgan fingerprint density at radius 1 is 1.08 bits per heavy atom. The number of nitrogens with zero attached hydrogens (tertiary/aromatic N) is 2. The second-order valence-electron chi connectivity index (χ2n) is 6.83. The molecule has 0 saturated carbocycles. The third-order valence-corrected chi connectivity index (χ3v) is 5.45. The molecule has 0 bridgehead atoms. The Hall–Kier alpha value is -2.59. The molecule has 0 fully saturated rings. The van der Waals surface area contributed by atoms with Crippen LogP contribution in [0.4, 0.5) is 11.4 Å². The minimum atomic E-state index is -0.351. The molecule has 0 amide bonds. The van der Waals surface area contributed by atoms with Crippen molar-refractivity contribution >= 4 is 23.0 Å². The van der Waals surface area contributed by atoms with E-state index < -0.39 is 0 Å². The molecule has 1 aliphatic heterocycles. The lowest BCUT2D eigenvalue weighted by Crippen LogP contribution is -2.23. The molecule has 0 spiro atoms. The molecule has 0 unspecified atom stereocenters. The summed E-state index contributed by atoms with van der Waals surface area (Å²) in [6.07, 6.45) is 5.44. The SMILES string of the molecule is CC1=CN(c2ccc(Cl)cc2)C2=C(CCC2)[C@@H]1c1ccc([N+](=O)[O-])cc1. The summed E-state index contributed by atoms with van der Waals surface area (Å²) in [6, 6.07) is 14.9. The monoisotopic (exact) mass is 366 g/mol. The van der Waals surface area contributed by atoms with Crippen LogP contribution in [-0.2, 0) is 0 Å². The summed E-state index contributed by atoms with van der Waals surface area (Å²) in [5.74, 6) is 0.205. The topological polar surface area (TPSA) is 46.4 Å². The van der Waals surface area contributed by atoms with E-state index in [1.54, 1.807) is 12.1 Å². The minimum absolute atomic E-state index is 0.134. The molecule has 132 valence electrons. The molecule has 1 aliphatic carbocycles. The Kier molecular flexibility index (Phi) is 4.29. The maximum Gasteiger partial charge on any atom is 0.269 e. The Labute approximate surface area is 157 Å². The number of allylic oxidation sites excluding steroid dienone is 3. The van der Waals surface area contributed by atoms with Gasteiger partial charge in [0, 0.05) is 40.7 Å². The van der Waals surface area contributed by atoms with Gasteiger partial charge in [-0.3, -0.25) is 10.1 Å². The second kappa shape index (κ2) is 6.61. The minimum Gasteiger partial charge on any atom is -0.321 e. The molecule has 2 aliphatic rings. The highest BCUT2D eigenvalue weighted by Gasteiger charge is 2.32. The van der Waals surface area contributed by atoms with Gasteiger partial charge in [-0.1, -0.05) is 23.7 Å². The molecular weight excluding hydrogens is 348 g/mol. The molecule has 0 N–H and O–H groups in total. The summed E-state index contributed by atoms with van der Waals surface area (Å²) >= 11 is 6.03. The fourth-order valence-corrected chi connectivity index (χ4v) is 4.18. The summed E-state index contributed by atoms with van der Waals surface area (Å²) in [4.78, 5) is 12.9. The Morgan fingerprint density at radius 3 is 2.42 bits per heavy atom. The van der Waals surface area contributed by atoms with Crippen LogP contribution in [0.15, 0.2) is 71.6 Å². The normalized spacial score (nSPS) is 19.4. The summed E-state index contributed by atoms with van der Waals surface area (Å²) in [5.41, 5.74) is 6.39. The van der Waals surface area contributed by atoms with Crippen LogP contribution < -0.4 is 4.90 Å². The average Bonchev–Trinajstić information content (AvgIpc) is 3.11. The standard InChI is InChI=1S/C21H19ClN2O2/c1-14-13-23(17-11-7-16(22)8-12-17)20-4-2-3-19(20)21(14)15-5-9-18(10-6-15)24(25)26/h5-13,21H,2-4H2,1H3/t21-/m0/s1. The zero-order chi connectivity index (χ0) is 18.3. The van der Waals surface area contributed by atoms with E-state index in [-0.39, 0.29) is 16.5 Å². The van der Waals surface area contributed by atoms with E-state index in [0.29, 0.717) is 0 Å². The largest absolute Gasteiger partial charge is 0.321 e. The number of benzene rings is 2. The first-order valence-electron chi connectivity index (χ1n) is 8.74. The van der Waals surface area contributed by atoms with Crippen LogP contribution in [0.1, 0.15) is 37.7 Å². The lowest BCUT2D eigenvalue weighted by molar-refractivity contribution is -0.384. The van der Waals surface area contributed by atoms with Gasteiger partial charge in [-0.15, -0.1) is 0 Å². The van der Waals surface area contributed by atoms with Crippen molar-refractivity contribution in [2.24, 2.45) is 0 Å². The zero-order valence-corrected chi connectivity index (χ0v) is 15.2. The maximum absolute atomic E-state index is 10.9. The first-order chi connectivity index (χ1) is 12.5. The van der Waals surface area contributed by atoms with Gasteiger partial charge >= 0.3 is 0 Å². The second-order valence-corrected chi connectivity index (χ2v) is 7.26. The van der Waals surface area contributed by atoms with Crippen LogP contribution in [0.2, 0.25) is 5.02 Å². The van der Waals surface area contributed by atoms with Crippen LogP contribution in [0.3, 0.4) is 0 Å². The Balaban J connectivity index is 1.73. The van der Waals surface area contributed by atoms with E-state index in [0.717, 1.165) is 35.5 Å². The van der Waals surface area contributed by atoms with Gasteiger partial charge in [-0.25, -0.2) is 0 Å². The zero-order valence-electron chi connectivity index (χ0n) is 14.5. The van der Waals surface area contributed by atoms with Crippen LogP contribution in [0, 0.1) is 10.1 Å². The van der Waals surface area contributed by atoms with Crippen molar-refractivity contribution in [2.75, 3.05) is 4.90 Å². The fourth-order valence-electron chi connectivity index (χ4n) is 4.05. The number of rotatable bonds is 3. The van der Waals surface area contributed by atoms with Gasteiger partial charge in [0.25, 0.3) is 5.69 Å². The fraction of sp³-hybridized carbons (Fsp3) is 0.238. The van der Waals surface area contributed by atoms with Crippen molar-refractivity contribution in [1.82, 2.24) is 0 Å². The highest BCUT2D eigenvalue weighted by molar-refractivity contribution is 6.30. The van der Waals surface area contributed by atoms with Gasteiger partial charge in [0.05, 0.1) is 4.92 Å². The lowest BCUT2D eigenvalue weighted by Gasteiger charge is -2.34. The first-order valence-corrected chi connectivity index (χ1v) is 9.12. The molecule has 4 nitrogen and oxygen atoms in total. The summed E-state index contributed by atoms with van der Waals surface area (Å²) in [5, 5.41) is 11.7. The van der Waals surface area contributed by atoms with Crippen molar-refractivity contribution in [2.45, 2.75) is 32.1 Å². The summed E-state index contributed by atoms with van der Waals surface area (Å²) < 4.78 is 0. The molecule has 5 heteroatoms. The van der Waals surface area contributed by atoms with Crippen molar-refractivity contribution < 1.29 is 4.92 Å². The van der Waals surface area contributed by atoms with Crippen molar-refractivity contribution in [3.8, 4) is 0 Å². The molecule has 0 radical (unpaired) electrons. The summed E-state index contributed by atoms with van der Waals surface area (Å²) in [7, 11) is 0. The Morgan fingerprint density at radius 2 is 1.77 bits per heavy atom. The van der Waals surface area contributed by atoms with Crippen molar-refractivity contribution in [3.05, 3.63) is 92.3 Å². The van der Waals surface area contributed by atoms with E-state index >= 15 is 0 Å². The lowest BCUT2D eigenvalue weighted by atomic mass is 9.82. The van der Waals surface area contributed by atoms with Crippen molar-refractivity contribution in [3.63, 3.8) is 0 Å². The van der Waals surface area contributed by atoms with E-state index in [1.165, 1.54) is 16.8 Å². The van der Waals surface area contributed by atoms with Crippen LogP contribution in [0.5, 0.6) is 0 Å². The average molecular weight is 367 g/mol. The van der Waals surface area contributed by atoms with Gasteiger partial charge in [-0.2, -0.15) is 0 Å². The molecule has 2 aromatic rings. The molecule has 1 atom stereocenters. The van der Waals surface area contributed by atoms with E-state index in [1.807, 2.05) is 36.4 Å². The van der Waals surface area contributed by atoms with Gasteiger partial charge in [0.2, 0.25) is 0 Å². The number of hydrogen-bond donors (Lipinski definition) is 0. The van der Waals surface area contributed by atoms with Gasteiger partial charge in [0.1, 0.15) is 0 Å². The molecule has 26 heavy (non-hydrogen) atoms. The van der Waals surface area contributed by atoms with Gasteiger partial charge in [0.15, 0.2) is 0 Å². The molecule has 0 saturated heterocycles. The number of nitro benzene ring substituents is 1. The van der Waals surface area contributed by atoms with Gasteiger partial charge in [-0.05, 0) is 67.2 Å². The highest BCUT2D eigenvalue weighted by Crippen LogP contribution is 2.47. The number of hydrogen-bond acceptors (Lipinski definition) is 3. The number of nitro groups is 1. The van der Waals surface area contributed by atoms with Crippen LogP contribution in [0.25, 0.3) is 0 Å². The van der Waals surface area contributed by atoms with Crippen LogP contribution in [-0.4, -0.2) is 4.92 Å². The molecular formula is C21H19ClN2O2. The maximum atomic E-state index is 10.9. The predicted molar refractivity (Wildman–Crippen MR) is 104 cm³/mol. The van der Waals surface area contributed by atoms with Crippen LogP contribution >= 0.6 is 11.6 Å². The molecule has 1 heterocycles. The van der Waals surface area contributed by atoms with E-state index in [4.69, 9.17) is 11.6 Å². The predicted octanol–water partition coefficient (Wildman–Crippen LogP) is 6.19. The molecule has 2 aromatic carbocycles. The Bertz CT molecular complexity index is 914. The third-order valence-electron chi connectivity index (χ3n) is 5.20. The van der Waals surface area contributed by atoms with Gasteiger partial charge < -0.3 is 4.90 Å². The van der Waals surface area contributed by atoms with E-state index in [9.17, 15) is 10.1 Å².